The molecule has 0 unspecified atom stereocenters. The Morgan fingerprint density at radius 2 is 2.05 bits per heavy atom. The van der Waals surface area contributed by atoms with Gasteiger partial charge in [-0.05, 0) is 38.8 Å². The van der Waals surface area contributed by atoms with Crippen LogP contribution >= 0.6 is 0 Å². The van der Waals surface area contributed by atoms with Crippen molar-refractivity contribution in [3.05, 3.63) is 24.3 Å². The Hall–Kier alpha value is -1.49. The maximum Gasteiger partial charge on any atom is 0.257 e. The van der Waals surface area contributed by atoms with Crippen molar-refractivity contribution in [2.24, 2.45) is 5.41 Å². The number of rotatable bonds is 2. The van der Waals surface area contributed by atoms with Crippen LogP contribution in [-0.2, 0) is 0 Å². The molecule has 1 spiro atoms. The fourth-order valence-corrected chi connectivity index (χ4v) is 3.34. The van der Waals surface area contributed by atoms with Gasteiger partial charge in [-0.3, -0.25) is 4.79 Å². The molecule has 1 aliphatic heterocycles. The monoisotopic (exact) mass is 260 g/mol. The second-order valence-electron chi connectivity index (χ2n) is 6.13. The van der Waals surface area contributed by atoms with Crippen LogP contribution in [0.25, 0.3) is 0 Å². The number of likely N-dealkylation sites (tertiary alicyclic amines) is 1. The first-order chi connectivity index (χ1) is 9.10. The van der Waals surface area contributed by atoms with E-state index in [2.05, 4.69) is 29.0 Å². The van der Waals surface area contributed by atoms with Gasteiger partial charge in [0, 0.05) is 31.5 Å². The third-order valence-corrected chi connectivity index (χ3v) is 4.60. The Bertz CT molecular complexity index is 468. The van der Waals surface area contributed by atoms with Crippen LogP contribution < -0.4 is 0 Å². The normalized spacial score (nSPS) is 29.8. The highest BCUT2D eigenvalue weighted by Gasteiger charge is 2.49. The van der Waals surface area contributed by atoms with E-state index in [9.17, 15) is 4.79 Å². The fourth-order valence-electron chi connectivity index (χ4n) is 3.34. The van der Waals surface area contributed by atoms with Gasteiger partial charge in [0.2, 0.25) is 0 Å². The van der Waals surface area contributed by atoms with Crippen molar-refractivity contribution in [3.8, 4) is 0 Å². The quantitative estimate of drug-likeness (QED) is 0.797. The summed E-state index contributed by atoms with van der Waals surface area (Å²) in [5.41, 5.74) is 0.975. The number of hydrogen-bond acceptors (Lipinski definition) is 4. The molecule has 1 aromatic rings. The largest absolute Gasteiger partial charge is 0.338 e. The van der Waals surface area contributed by atoms with E-state index < -0.39 is 0 Å². The molecule has 0 atom stereocenters. The first-order valence-corrected chi connectivity index (χ1v) is 6.80. The molecule has 1 saturated carbocycles. The lowest BCUT2D eigenvalue weighted by atomic mass is 9.64. The van der Waals surface area contributed by atoms with E-state index in [1.807, 2.05) is 4.90 Å². The molecule has 1 aromatic heterocycles. The van der Waals surface area contributed by atoms with Crippen LogP contribution in [0, 0.1) is 5.41 Å². The highest BCUT2D eigenvalue weighted by atomic mass is 16.2. The van der Waals surface area contributed by atoms with Crippen molar-refractivity contribution in [2.45, 2.75) is 25.3 Å². The van der Waals surface area contributed by atoms with E-state index in [0.29, 0.717) is 17.0 Å². The van der Waals surface area contributed by atoms with E-state index >= 15 is 0 Å². The van der Waals surface area contributed by atoms with Crippen LogP contribution in [0.15, 0.2) is 18.7 Å². The molecule has 2 fully saturated rings. The van der Waals surface area contributed by atoms with E-state index in [1.54, 1.807) is 12.4 Å². The first kappa shape index (κ1) is 12.5. The maximum absolute atomic E-state index is 12.3. The van der Waals surface area contributed by atoms with Gasteiger partial charge in [-0.25, -0.2) is 9.97 Å². The number of nitrogens with zero attached hydrogens (tertiary/aromatic N) is 4. The Morgan fingerprint density at radius 1 is 1.37 bits per heavy atom. The molecule has 1 saturated heterocycles. The summed E-state index contributed by atoms with van der Waals surface area (Å²) in [4.78, 5) is 24.4. The summed E-state index contributed by atoms with van der Waals surface area (Å²) in [7, 11) is 4.27. The number of carbonyl (C=O) groups excluding carboxylic acids is 1. The van der Waals surface area contributed by atoms with Crippen molar-refractivity contribution < 1.29 is 4.79 Å². The summed E-state index contributed by atoms with van der Waals surface area (Å²) in [5.74, 6) is 0.0748. The summed E-state index contributed by atoms with van der Waals surface area (Å²) in [6.45, 7) is 1.76. The van der Waals surface area contributed by atoms with Crippen molar-refractivity contribution >= 4 is 5.91 Å². The molecular weight excluding hydrogens is 240 g/mol. The molecule has 2 heterocycles. The molecule has 0 radical (unpaired) electrons. The smallest absolute Gasteiger partial charge is 0.257 e. The molecule has 5 nitrogen and oxygen atoms in total. The van der Waals surface area contributed by atoms with Gasteiger partial charge in [-0.1, -0.05) is 0 Å². The number of amides is 1. The van der Waals surface area contributed by atoms with Crippen LogP contribution in [0.5, 0.6) is 0 Å². The summed E-state index contributed by atoms with van der Waals surface area (Å²) in [5, 5.41) is 0. The van der Waals surface area contributed by atoms with Gasteiger partial charge >= 0.3 is 0 Å². The summed E-state index contributed by atoms with van der Waals surface area (Å²) >= 11 is 0. The Balaban J connectivity index is 1.63. The fraction of sp³-hybridized carbons (Fsp3) is 0.643. The predicted molar refractivity (Wildman–Crippen MR) is 71.7 cm³/mol. The van der Waals surface area contributed by atoms with Gasteiger partial charge in [0.15, 0.2) is 0 Å². The first-order valence-electron chi connectivity index (χ1n) is 6.80. The van der Waals surface area contributed by atoms with E-state index in [4.69, 9.17) is 0 Å². The van der Waals surface area contributed by atoms with E-state index in [0.717, 1.165) is 19.5 Å². The van der Waals surface area contributed by atoms with Gasteiger partial charge in [-0.2, -0.15) is 0 Å². The van der Waals surface area contributed by atoms with Gasteiger partial charge < -0.3 is 9.80 Å². The van der Waals surface area contributed by atoms with E-state index in [-0.39, 0.29) is 5.91 Å². The van der Waals surface area contributed by atoms with Crippen LogP contribution in [0.1, 0.15) is 29.6 Å². The third kappa shape index (κ3) is 2.23. The molecule has 0 N–H and O–H groups in total. The number of carbonyl (C=O) groups is 1. The Labute approximate surface area is 113 Å². The molecule has 1 aliphatic carbocycles. The standard InChI is InChI=1S/C14H20N4O/c1-17(2)12-5-14(6-12)3-4-18(9-14)13(19)11-7-15-10-16-8-11/h7-8,10,12H,3-6,9H2,1-2H3. The van der Waals surface area contributed by atoms with Crippen LogP contribution in [-0.4, -0.2) is 58.9 Å². The predicted octanol–water partition coefficient (Wildman–Crippen LogP) is 1.03. The van der Waals surface area contributed by atoms with Gasteiger partial charge in [0.1, 0.15) is 6.33 Å². The lowest BCUT2D eigenvalue weighted by Crippen LogP contribution is -2.49. The SMILES string of the molecule is CN(C)C1CC2(CCN(C(=O)c3cncnc3)C2)C1. The van der Waals surface area contributed by atoms with E-state index in [1.165, 1.54) is 19.2 Å². The topological polar surface area (TPSA) is 49.3 Å². The van der Waals surface area contributed by atoms with Crippen LogP contribution in [0.2, 0.25) is 0 Å². The lowest BCUT2D eigenvalue weighted by Gasteiger charge is -2.48. The summed E-state index contributed by atoms with van der Waals surface area (Å²) in [6.07, 6.45) is 8.23. The van der Waals surface area contributed by atoms with Crippen molar-refractivity contribution in [1.29, 1.82) is 0 Å². The van der Waals surface area contributed by atoms with Crippen molar-refractivity contribution in [3.63, 3.8) is 0 Å². The Kier molecular flexibility index (Phi) is 3.01. The second-order valence-corrected chi connectivity index (χ2v) is 6.13. The molecule has 3 rings (SSSR count). The van der Waals surface area contributed by atoms with Crippen LogP contribution in [0.4, 0.5) is 0 Å². The van der Waals surface area contributed by atoms with Gasteiger partial charge in [0.25, 0.3) is 5.91 Å². The zero-order chi connectivity index (χ0) is 13.5. The van der Waals surface area contributed by atoms with Gasteiger partial charge in [-0.15, -0.1) is 0 Å². The highest BCUT2D eigenvalue weighted by Crippen LogP contribution is 2.49. The summed E-state index contributed by atoms with van der Waals surface area (Å²) < 4.78 is 0. The highest BCUT2D eigenvalue weighted by molar-refractivity contribution is 5.93. The number of hydrogen-bond donors (Lipinski definition) is 0. The van der Waals surface area contributed by atoms with Crippen molar-refractivity contribution in [2.75, 3.05) is 27.2 Å². The Morgan fingerprint density at radius 3 is 2.68 bits per heavy atom. The number of aromatic nitrogens is 2. The molecule has 2 aliphatic rings. The van der Waals surface area contributed by atoms with Crippen LogP contribution in [0.3, 0.4) is 0 Å². The average Bonchev–Trinajstić information content (AvgIpc) is 2.82. The average molecular weight is 260 g/mol. The minimum Gasteiger partial charge on any atom is -0.338 e. The van der Waals surface area contributed by atoms with Gasteiger partial charge in [0.05, 0.1) is 5.56 Å². The maximum atomic E-state index is 12.3. The second kappa shape index (κ2) is 4.56. The zero-order valence-corrected chi connectivity index (χ0v) is 11.5. The van der Waals surface area contributed by atoms with Crippen molar-refractivity contribution in [1.82, 2.24) is 19.8 Å². The zero-order valence-electron chi connectivity index (χ0n) is 11.5. The minimum absolute atomic E-state index is 0.0748. The molecule has 102 valence electrons. The molecule has 5 heteroatoms. The molecular formula is C14H20N4O. The lowest BCUT2D eigenvalue weighted by molar-refractivity contribution is 0.0313. The molecule has 1 amide bonds. The molecule has 0 bridgehead atoms. The molecule has 19 heavy (non-hydrogen) atoms. The minimum atomic E-state index is 0.0748. The summed E-state index contributed by atoms with van der Waals surface area (Å²) in [6, 6.07) is 0.690. The molecule has 0 aromatic carbocycles. The third-order valence-electron chi connectivity index (χ3n) is 4.60.